The van der Waals surface area contributed by atoms with Crippen molar-refractivity contribution >= 4 is 34.2 Å². The van der Waals surface area contributed by atoms with Crippen molar-refractivity contribution in [2.24, 2.45) is 5.41 Å². The Morgan fingerprint density at radius 1 is 1.40 bits per heavy atom. The molecule has 4 N–H and O–H groups in total. The van der Waals surface area contributed by atoms with Gasteiger partial charge in [0.1, 0.15) is 18.0 Å². The monoisotopic (exact) mass is 441 g/mol. The number of quaternary nitrogens is 1. The van der Waals surface area contributed by atoms with Gasteiger partial charge in [0.2, 0.25) is 0 Å². The van der Waals surface area contributed by atoms with Crippen LogP contribution in [-0.2, 0) is 0 Å². The van der Waals surface area contributed by atoms with E-state index in [2.05, 4.69) is 5.73 Å². The molecule has 2 aliphatic carbocycles. The molecule has 2 heterocycles. The fourth-order valence-electron chi connectivity index (χ4n) is 4.50. The number of carbonyl (C=O) groups is 1. The second kappa shape index (κ2) is 7.18. The lowest BCUT2D eigenvalue weighted by molar-refractivity contribution is -0.427. The lowest BCUT2D eigenvalue weighted by Gasteiger charge is -2.23. The lowest BCUT2D eigenvalue weighted by atomic mass is 10.0. The maximum absolute atomic E-state index is 15.0. The van der Waals surface area contributed by atoms with Gasteiger partial charge in [0.05, 0.1) is 45.7 Å². The van der Waals surface area contributed by atoms with Gasteiger partial charge in [-0.3, -0.25) is 4.79 Å². The molecule has 0 amide bonds. The number of hydrogen-bond donors (Lipinski definition) is 2. The molecular weight excluding hydrogens is 420 g/mol. The molecule has 1 aromatic heterocycles. The summed E-state index contributed by atoms with van der Waals surface area (Å²) in [5.74, 6) is -2.39. The maximum Gasteiger partial charge on any atom is 0.198 e. The van der Waals surface area contributed by atoms with Crippen LogP contribution in [0.15, 0.2) is 17.1 Å². The molecule has 1 spiro atoms. The fourth-order valence-corrected chi connectivity index (χ4v) is 4.91. The van der Waals surface area contributed by atoms with Crippen molar-refractivity contribution in [2.45, 2.75) is 37.5 Å². The number of carboxylic acid groups (broad SMARTS) is 1. The Labute approximate surface area is 175 Å². The first-order valence-corrected chi connectivity index (χ1v) is 10.1. The Balaban J connectivity index is 0.00000106. The summed E-state index contributed by atoms with van der Waals surface area (Å²) < 4.78 is 30.2. The van der Waals surface area contributed by atoms with E-state index in [0.717, 1.165) is 32.2 Å². The van der Waals surface area contributed by atoms with Gasteiger partial charge >= 0.3 is 0 Å². The number of pyridine rings is 1. The molecule has 30 heavy (non-hydrogen) atoms. The number of aromatic carboxylic acids is 1. The third-order valence-electron chi connectivity index (χ3n) is 6.46. The zero-order chi connectivity index (χ0) is 22.0. The number of fused-ring (bicyclic) bond motifs is 1. The van der Waals surface area contributed by atoms with Gasteiger partial charge in [-0.15, -0.1) is 0 Å². The number of anilines is 1. The van der Waals surface area contributed by atoms with Gasteiger partial charge in [0.15, 0.2) is 5.43 Å². The molecule has 2 aromatic rings. The van der Waals surface area contributed by atoms with Crippen molar-refractivity contribution < 1.29 is 29.5 Å². The SMILES string of the molecule is CO.[NH3+][C@@H]1CN(c2c(F)cc3c(=O)c(C(=O)[O-])cn([C@@H]4C[C@@H]4F)c3c2Cl)CC12CC2. The minimum atomic E-state index is -1.69. The first-order valence-electron chi connectivity index (χ1n) is 9.68. The summed E-state index contributed by atoms with van der Waals surface area (Å²) in [6.07, 6.45) is 2.15. The predicted molar refractivity (Wildman–Crippen MR) is 105 cm³/mol. The highest BCUT2D eigenvalue weighted by Gasteiger charge is 2.56. The Bertz CT molecular complexity index is 1100. The average Bonchev–Trinajstić information content (AvgIpc) is 3.59. The first kappa shape index (κ1) is 21.0. The van der Waals surface area contributed by atoms with Gasteiger partial charge in [-0.2, -0.15) is 0 Å². The molecule has 3 atom stereocenters. The van der Waals surface area contributed by atoms with Crippen molar-refractivity contribution in [1.82, 2.24) is 4.57 Å². The van der Waals surface area contributed by atoms with Crippen molar-refractivity contribution in [3.05, 3.63) is 38.9 Å². The van der Waals surface area contributed by atoms with Crippen LogP contribution in [0.3, 0.4) is 0 Å². The van der Waals surface area contributed by atoms with Gasteiger partial charge in [0, 0.05) is 31.7 Å². The number of alkyl halides is 1. The standard InChI is InChI=1S/C19H18ClF2N3O3.CH4O/c20-14-15-8(17(26)9(18(27)28)5-25(15)12-4-10(12)21)3-11(22)16(14)24-6-13(23)19(7-24)1-2-19;1-2/h3,5,10,12-13H,1-2,4,6-7,23H2,(H,27,28);2H,1H3/t10-,12+,13+;/m0./s1. The molecule has 3 fully saturated rings. The number of aromatic nitrogens is 1. The van der Waals surface area contributed by atoms with E-state index >= 15 is 4.39 Å². The number of aliphatic hydroxyl groups excluding tert-OH is 1. The van der Waals surface area contributed by atoms with Crippen LogP contribution >= 0.6 is 11.6 Å². The van der Waals surface area contributed by atoms with Crippen LogP contribution in [0.2, 0.25) is 5.02 Å². The summed E-state index contributed by atoms with van der Waals surface area (Å²) in [5, 5.41) is 18.2. The summed E-state index contributed by atoms with van der Waals surface area (Å²) in [4.78, 5) is 25.8. The Morgan fingerprint density at radius 2 is 2.03 bits per heavy atom. The quantitative estimate of drug-likeness (QED) is 0.709. The van der Waals surface area contributed by atoms with Crippen LogP contribution in [-0.4, -0.2) is 48.1 Å². The summed E-state index contributed by atoms with van der Waals surface area (Å²) >= 11 is 6.57. The molecular formula is C20H22ClF2N3O4. The third-order valence-corrected chi connectivity index (χ3v) is 6.82. The van der Waals surface area contributed by atoms with Crippen LogP contribution in [0, 0.1) is 11.2 Å². The van der Waals surface area contributed by atoms with Gasteiger partial charge in [-0.25, -0.2) is 8.78 Å². The van der Waals surface area contributed by atoms with Crippen LogP contribution < -0.4 is 21.2 Å². The largest absolute Gasteiger partial charge is 0.545 e. The number of halogens is 3. The van der Waals surface area contributed by atoms with Crippen LogP contribution in [0.25, 0.3) is 10.9 Å². The Morgan fingerprint density at radius 3 is 2.53 bits per heavy atom. The summed E-state index contributed by atoms with van der Waals surface area (Å²) in [6.45, 7) is 1.17. The molecule has 1 aliphatic heterocycles. The van der Waals surface area contributed by atoms with E-state index in [9.17, 15) is 19.1 Å². The fraction of sp³-hybridized carbons (Fsp3) is 0.500. The zero-order valence-corrected chi connectivity index (χ0v) is 17.1. The number of benzene rings is 1. The van der Waals surface area contributed by atoms with E-state index in [0.29, 0.717) is 13.1 Å². The molecule has 162 valence electrons. The number of aliphatic hydroxyl groups is 1. The third kappa shape index (κ3) is 3.07. The van der Waals surface area contributed by atoms with Crippen LogP contribution in [0.4, 0.5) is 14.5 Å². The molecule has 7 nitrogen and oxygen atoms in total. The number of rotatable bonds is 3. The lowest BCUT2D eigenvalue weighted by Crippen LogP contribution is -2.65. The van der Waals surface area contributed by atoms with Gasteiger partial charge < -0.3 is 30.2 Å². The second-order valence-corrected chi connectivity index (χ2v) is 8.62. The van der Waals surface area contributed by atoms with E-state index in [4.69, 9.17) is 16.7 Å². The Kier molecular flexibility index (Phi) is 5.03. The van der Waals surface area contributed by atoms with Crippen molar-refractivity contribution in [1.29, 1.82) is 0 Å². The molecule has 0 bridgehead atoms. The number of nitrogens with zero attached hydrogens (tertiary/aromatic N) is 2. The van der Waals surface area contributed by atoms with E-state index in [1.165, 1.54) is 4.57 Å². The van der Waals surface area contributed by atoms with Gasteiger partial charge in [0.25, 0.3) is 0 Å². The summed E-state index contributed by atoms with van der Waals surface area (Å²) in [5.41, 5.74) is 3.07. The minimum Gasteiger partial charge on any atom is -0.545 e. The Hall–Kier alpha value is -2.23. The molecule has 10 heteroatoms. The molecule has 5 rings (SSSR count). The smallest absolute Gasteiger partial charge is 0.198 e. The van der Waals surface area contributed by atoms with Crippen molar-refractivity contribution in [2.75, 3.05) is 25.1 Å². The highest BCUT2D eigenvalue weighted by atomic mass is 35.5. The molecule has 0 unspecified atom stereocenters. The van der Waals surface area contributed by atoms with E-state index in [1.807, 2.05) is 4.90 Å². The molecule has 0 radical (unpaired) electrons. The van der Waals surface area contributed by atoms with Crippen molar-refractivity contribution in [3.8, 4) is 0 Å². The van der Waals surface area contributed by atoms with Gasteiger partial charge in [-0.05, 0) is 18.9 Å². The van der Waals surface area contributed by atoms with Crippen LogP contribution in [0.1, 0.15) is 35.7 Å². The molecule has 2 saturated carbocycles. The van der Waals surface area contributed by atoms with Crippen molar-refractivity contribution in [3.63, 3.8) is 0 Å². The van der Waals surface area contributed by atoms with Gasteiger partial charge in [-0.1, -0.05) is 11.6 Å². The normalized spacial score (nSPS) is 25.9. The molecule has 1 saturated heterocycles. The van der Waals surface area contributed by atoms with Crippen LogP contribution in [0.5, 0.6) is 0 Å². The highest BCUT2D eigenvalue weighted by Crippen LogP contribution is 2.53. The second-order valence-electron chi connectivity index (χ2n) is 8.24. The summed E-state index contributed by atoms with van der Waals surface area (Å²) in [7, 11) is 1.00. The molecule has 3 aliphatic rings. The maximum atomic E-state index is 15.0. The van der Waals surface area contributed by atoms with E-state index < -0.39 is 35.0 Å². The molecule has 1 aromatic carbocycles. The highest BCUT2D eigenvalue weighted by molar-refractivity contribution is 6.38. The zero-order valence-electron chi connectivity index (χ0n) is 16.3. The topological polar surface area (TPSA) is 113 Å². The predicted octanol–water partition coefficient (Wildman–Crippen LogP) is 0.260. The van der Waals surface area contributed by atoms with E-state index in [1.54, 1.807) is 0 Å². The van der Waals surface area contributed by atoms with E-state index in [-0.39, 0.29) is 39.5 Å². The number of carboxylic acids is 1. The average molecular weight is 442 g/mol. The number of hydrogen-bond acceptors (Lipinski definition) is 5. The number of carbonyl (C=O) groups excluding carboxylic acids is 1. The summed E-state index contributed by atoms with van der Waals surface area (Å²) in [6, 6.07) is 0.527. The first-order chi connectivity index (χ1) is 14.2. The minimum absolute atomic E-state index is 0.000924.